The van der Waals surface area contributed by atoms with Gasteiger partial charge in [0.1, 0.15) is 0 Å². The molecule has 0 spiro atoms. The molecule has 0 saturated carbocycles. The third-order valence-electron chi connectivity index (χ3n) is 2.89. The van der Waals surface area contributed by atoms with E-state index >= 15 is 0 Å². The van der Waals surface area contributed by atoms with E-state index in [1.807, 2.05) is 0 Å². The van der Waals surface area contributed by atoms with Gasteiger partial charge in [0.25, 0.3) is 0 Å². The molecule has 0 aromatic rings. The van der Waals surface area contributed by atoms with Crippen molar-refractivity contribution in [2.24, 2.45) is 11.1 Å². The van der Waals surface area contributed by atoms with Gasteiger partial charge < -0.3 is 0 Å². The molecule has 0 bridgehead atoms. The quantitative estimate of drug-likeness (QED) is 0.396. The average Bonchev–Trinajstić information content (AvgIpc) is 2.20. The van der Waals surface area contributed by atoms with Crippen molar-refractivity contribution < 1.29 is 0 Å². The lowest BCUT2D eigenvalue weighted by Gasteiger charge is -2.16. The fourth-order valence-electron chi connectivity index (χ4n) is 1.82. The number of nitrogens with zero attached hydrogens (tertiary/aromatic N) is 1. The number of unbranched alkanes of at least 4 members (excludes halogenated alkanes) is 3. The number of hydrogen-bond acceptors (Lipinski definition) is 2. The van der Waals surface area contributed by atoms with Crippen LogP contribution in [-0.2, 0) is 0 Å². The van der Waals surface area contributed by atoms with Crippen molar-refractivity contribution >= 4 is 0 Å². The largest absolute Gasteiger partial charge is 0.151 e. The maximum atomic E-state index is 10.6. The third kappa shape index (κ3) is 6.11. The van der Waals surface area contributed by atoms with Crippen LogP contribution in [0.4, 0.5) is 0 Å². The molecule has 0 amide bonds. The molecule has 0 heterocycles. The molecule has 0 aromatic heterocycles. The molecular formula is C12H25NO. The molecule has 2 heteroatoms. The second kappa shape index (κ2) is 9.17. The Balaban J connectivity index is 3.57. The van der Waals surface area contributed by atoms with Crippen molar-refractivity contribution in [3.05, 3.63) is 4.91 Å². The molecular weight excluding hydrogens is 174 g/mol. The van der Waals surface area contributed by atoms with Gasteiger partial charge in [-0.05, 0) is 18.8 Å². The van der Waals surface area contributed by atoms with Crippen LogP contribution in [0.2, 0.25) is 0 Å². The minimum Gasteiger partial charge on any atom is -0.151 e. The molecule has 0 N–H and O–H groups in total. The average molecular weight is 199 g/mol. The molecule has 2 nitrogen and oxygen atoms in total. The van der Waals surface area contributed by atoms with Crippen LogP contribution in [0.3, 0.4) is 0 Å². The maximum Gasteiger partial charge on any atom is 0.0945 e. The lowest BCUT2D eigenvalue weighted by atomic mass is 9.93. The van der Waals surface area contributed by atoms with E-state index in [2.05, 4.69) is 25.9 Å². The first-order valence-corrected chi connectivity index (χ1v) is 6.08. The van der Waals surface area contributed by atoms with Gasteiger partial charge in [0.2, 0.25) is 0 Å². The standard InChI is InChI=1S/C12H25NO/c1-4-6-7-8-10-11(3)12(13-14)9-5-2/h11-12H,4-10H2,1-3H3. The summed E-state index contributed by atoms with van der Waals surface area (Å²) in [5.41, 5.74) is 0. The Kier molecular flexibility index (Phi) is 8.90. The molecule has 0 saturated heterocycles. The van der Waals surface area contributed by atoms with Crippen LogP contribution in [0.1, 0.15) is 65.7 Å². The Morgan fingerprint density at radius 2 is 1.71 bits per heavy atom. The second-order valence-corrected chi connectivity index (χ2v) is 4.29. The zero-order chi connectivity index (χ0) is 10.8. The molecule has 2 atom stereocenters. The Hall–Kier alpha value is -0.400. The first-order chi connectivity index (χ1) is 6.76. The van der Waals surface area contributed by atoms with Crippen molar-refractivity contribution in [3.63, 3.8) is 0 Å². The van der Waals surface area contributed by atoms with Gasteiger partial charge in [-0.2, -0.15) is 4.91 Å². The van der Waals surface area contributed by atoms with Crippen molar-refractivity contribution in [2.45, 2.75) is 71.8 Å². The van der Waals surface area contributed by atoms with Crippen LogP contribution in [0, 0.1) is 10.8 Å². The van der Waals surface area contributed by atoms with E-state index in [1.165, 1.54) is 25.7 Å². The van der Waals surface area contributed by atoms with Crippen LogP contribution in [-0.4, -0.2) is 6.04 Å². The summed E-state index contributed by atoms with van der Waals surface area (Å²) in [4.78, 5) is 10.6. The van der Waals surface area contributed by atoms with Crippen molar-refractivity contribution in [3.8, 4) is 0 Å². The predicted octanol–water partition coefficient (Wildman–Crippen LogP) is 4.53. The minimum absolute atomic E-state index is 0.0571. The van der Waals surface area contributed by atoms with Gasteiger partial charge in [0, 0.05) is 0 Å². The smallest absolute Gasteiger partial charge is 0.0945 e. The fraction of sp³-hybridized carbons (Fsp3) is 1.00. The maximum absolute atomic E-state index is 10.6. The number of nitroso groups, excluding NO2 is 1. The molecule has 2 unspecified atom stereocenters. The topological polar surface area (TPSA) is 29.4 Å². The van der Waals surface area contributed by atoms with E-state index in [-0.39, 0.29) is 6.04 Å². The summed E-state index contributed by atoms with van der Waals surface area (Å²) in [6.07, 6.45) is 8.34. The first-order valence-electron chi connectivity index (χ1n) is 6.08. The Morgan fingerprint density at radius 1 is 1.00 bits per heavy atom. The van der Waals surface area contributed by atoms with Gasteiger partial charge in [-0.1, -0.05) is 58.1 Å². The summed E-state index contributed by atoms with van der Waals surface area (Å²) < 4.78 is 0. The highest BCUT2D eigenvalue weighted by molar-refractivity contribution is 4.72. The lowest BCUT2D eigenvalue weighted by molar-refractivity contribution is 0.387. The molecule has 0 aliphatic rings. The highest BCUT2D eigenvalue weighted by Crippen LogP contribution is 2.19. The van der Waals surface area contributed by atoms with E-state index in [0.29, 0.717) is 5.92 Å². The zero-order valence-electron chi connectivity index (χ0n) is 9.96. The molecule has 14 heavy (non-hydrogen) atoms. The summed E-state index contributed by atoms with van der Waals surface area (Å²) in [6, 6.07) is 0.0571. The van der Waals surface area contributed by atoms with E-state index < -0.39 is 0 Å². The second-order valence-electron chi connectivity index (χ2n) is 4.29. The molecule has 0 radical (unpaired) electrons. The van der Waals surface area contributed by atoms with Crippen LogP contribution in [0.5, 0.6) is 0 Å². The number of hydrogen-bond donors (Lipinski definition) is 0. The Bertz CT molecular complexity index is 136. The summed E-state index contributed by atoms with van der Waals surface area (Å²) in [5, 5.41) is 3.23. The van der Waals surface area contributed by atoms with E-state index in [9.17, 15) is 4.91 Å². The summed E-state index contributed by atoms with van der Waals surface area (Å²) >= 11 is 0. The van der Waals surface area contributed by atoms with Gasteiger partial charge >= 0.3 is 0 Å². The highest BCUT2D eigenvalue weighted by atomic mass is 16.3. The van der Waals surface area contributed by atoms with E-state index in [1.54, 1.807) is 0 Å². The molecule has 0 aliphatic carbocycles. The highest BCUT2D eigenvalue weighted by Gasteiger charge is 2.16. The molecule has 0 rings (SSSR count). The molecule has 84 valence electrons. The van der Waals surface area contributed by atoms with Gasteiger partial charge in [0.05, 0.1) is 6.04 Å². The van der Waals surface area contributed by atoms with Crippen LogP contribution in [0.25, 0.3) is 0 Å². The van der Waals surface area contributed by atoms with Gasteiger partial charge in [0.15, 0.2) is 0 Å². The normalized spacial score (nSPS) is 15.1. The number of rotatable bonds is 9. The fourth-order valence-corrected chi connectivity index (χ4v) is 1.82. The Morgan fingerprint density at radius 3 is 2.21 bits per heavy atom. The third-order valence-corrected chi connectivity index (χ3v) is 2.89. The van der Waals surface area contributed by atoms with Crippen molar-refractivity contribution in [1.29, 1.82) is 0 Å². The lowest BCUT2D eigenvalue weighted by Crippen LogP contribution is -2.14. The SMILES string of the molecule is CCCCCCC(C)C(CCC)N=O. The van der Waals surface area contributed by atoms with Crippen LogP contribution >= 0.6 is 0 Å². The van der Waals surface area contributed by atoms with E-state index in [4.69, 9.17) is 0 Å². The molecule has 0 aromatic carbocycles. The zero-order valence-corrected chi connectivity index (χ0v) is 9.96. The van der Waals surface area contributed by atoms with Crippen LogP contribution in [0.15, 0.2) is 5.18 Å². The summed E-state index contributed by atoms with van der Waals surface area (Å²) in [7, 11) is 0. The monoisotopic (exact) mass is 199 g/mol. The van der Waals surface area contributed by atoms with Gasteiger partial charge in [-0.15, -0.1) is 0 Å². The van der Waals surface area contributed by atoms with Gasteiger partial charge in [-0.25, -0.2) is 0 Å². The first kappa shape index (κ1) is 13.6. The van der Waals surface area contributed by atoms with Crippen LogP contribution < -0.4 is 0 Å². The van der Waals surface area contributed by atoms with Gasteiger partial charge in [-0.3, -0.25) is 0 Å². The van der Waals surface area contributed by atoms with Crippen molar-refractivity contribution in [1.82, 2.24) is 0 Å². The Labute approximate surface area is 88.4 Å². The summed E-state index contributed by atoms with van der Waals surface area (Å²) in [6.45, 7) is 6.49. The predicted molar refractivity (Wildman–Crippen MR) is 62.4 cm³/mol. The van der Waals surface area contributed by atoms with E-state index in [0.717, 1.165) is 19.3 Å². The molecule has 0 fully saturated rings. The summed E-state index contributed by atoms with van der Waals surface area (Å²) in [5.74, 6) is 0.476. The molecule has 0 aliphatic heterocycles. The van der Waals surface area contributed by atoms with Crippen molar-refractivity contribution in [2.75, 3.05) is 0 Å². The minimum atomic E-state index is 0.0571.